The predicted octanol–water partition coefficient (Wildman–Crippen LogP) is 2.17. The molecule has 0 amide bonds. The molecule has 0 aliphatic heterocycles. The van der Waals surface area contributed by atoms with Gasteiger partial charge in [-0.05, 0) is 25.0 Å². The molecule has 0 saturated carbocycles. The van der Waals surface area contributed by atoms with Crippen LogP contribution in [0.15, 0.2) is 24.3 Å². The van der Waals surface area contributed by atoms with Gasteiger partial charge in [-0.1, -0.05) is 25.1 Å². The molecule has 0 bridgehead atoms. The van der Waals surface area contributed by atoms with E-state index in [9.17, 15) is 8.42 Å². The summed E-state index contributed by atoms with van der Waals surface area (Å²) in [4.78, 5) is 0. The Balaban J connectivity index is 3.05. The average molecular weight is 227 g/mol. The van der Waals surface area contributed by atoms with Crippen molar-refractivity contribution in [1.29, 1.82) is 0 Å². The minimum atomic E-state index is -3.15. The topological polar surface area (TPSA) is 37.4 Å². The van der Waals surface area contributed by atoms with E-state index >= 15 is 0 Å². The Bertz CT molecular complexity index is 426. The molecule has 0 aliphatic rings. The van der Waals surface area contributed by atoms with E-state index < -0.39 is 10.0 Å². The molecule has 0 fully saturated rings. The van der Waals surface area contributed by atoms with Crippen LogP contribution < -0.4 is 4.31 Å². The summed E-state index contributed by atoms with van der Waals surface area (Å²) < 4.78 is 25.0. The quantitative estimate of drug-likeness (QED) is 0.790. The van der Waals surface area contributed by atoms with E-state index in [-0.39, 0.29) is 5.75 Å². The highest BCUT2D eigenvalue weighted by molar-refractivity contribution is 7.92. The highest BCUT2D eigenvalue weighted by atomic mass is 32.2. The summed E-state index contributed by atoms with van der Waals surface area (Å²) in [7, 11) is -1.55. The SMILES string of the molecule is CCCS(=O)(=O)N(C)c1ccccc1C. The summed E-state index contributed by atoms with van der Waals surface area (Å²) >= 11 is 0. The summed E-state index contributed by atoms with van der Waals surface area (Å²) in [5, 5.41) is 0. The molecule has 0 aliphatic carbocycles. The number of para-hydroxylation sites is 1. The van der Waals surface area contributed by atoms with Gasteiger partial charge < -0.3 is 0 Å². The number of hydrogen-bond donors (Lipinski definition) is 0. The molecule has 0 saturated heterocycles. The van der Waals surface area contributed by atoms with Gasteiger partial charge in [0.05, 0.1) is 11.4 Å². The van der Waals surface area contributed by atoms with E-state index in [0.29, 0.717) is 6.42 Å². The molecule has 0 N–H and O–H groups in total. The molecule has 0 unspecified atom stereocenters. The number of hydrogen-bond acceptors (Lipinski definition) is 2. The van der Waals surface area contributed by atoms with Crippen LogP contribution in [0.2, 0.25) is 0 Å². The lowest BCUT2D eigenvalue weighted by Gasteiger charge is -2.20. The fourth-order valence-corrected chi connectivity index (χ4v) is 2.76. The van der Waals surface area contributed by atoms with Gasteiger partial charge in [0.1, 0.15) is 0 Å². The van der Waals surface area contributed by atoms with Gasteiger partial charge in [0.2, 0.25) is 10.0 Å². The van der Waals surface area contributed by atoms with Gasteiger partial charge in [-0.2, -0.15) is 0 Å². The lowest BCUT2D eigenvalue weighted by Crippen LogP contribution is -2.29. The van der Waals surface area contributed by atoms with Crippen molar-refractivity contribution in [2.75, 3.05) is 17.1 Å². The second kappa shape index (κ2) is 4.66. The largest absolute Gasteiger partial charge is 0.273 e. The number of anilines is 1. The normalized spacial score (nSPS) is 11.4. The second-order valence-corrected chi connectivity index (χ2v) is 5.69. The first-order valence-electron chi connectivity index (χ1n) is 5.01. The second-order valence-electron chi connectivity index (χ2n) is 3.57. The maximum Gasteiger partial charge on any atom is 0.234 e. The Morgan fingerprint density at radius 1 is 1.27 bits per heavy atom. The Kier molecular flexibility index (Phi) is 3.74. The van der Waals surface area contributed by atoms with Gasteiger partial charge in [-0.3, -0.25) is 4.31 Å². The van der Waals surface area contributed by atoms with E-state index in [1.807, 2.05) is 38.1 Å². The minimum absolute atomic E-state index is 0.192. The van der Waals surface area contributed by atoms with Crippen molar-refractivity contribution in [2.45, 2.75) is 20.3 Å². The third-order valence-electron chi connectivity index (χ3n) is 2.33. The van der Waals surface area contributed by atoms with E-state index in [4.69, 9.17) is 0 Å². The molecule has 0 aromatic heterocycles. The summed E-state index contributed by atoms with van der Waals surface area (Å²) in [5.41, 5.74) is 1.73. The van der Waals surface area contributed by atoms with Crippen molar-refractivity contribution >= 4 is 15.7 Å². The monoisotopic (exact) mass is 227 g/mol. The lowest BCUT2D eigenvalue weighted by molar-refractivity contribution is 0.593. The summed E-state index contributed by atoms with van der Waals surface area (Å²) in [6.07, 6.45) is 0.637. The summed E-state index contributed by atoms with van der Waals surface area (Å²) in [6.45, 7) is 3.77. The number of rotatable bonds is 4. The standard InChI is InChI=1S/C11H17NO2S/c1-4-9-15(13,14)12(3)11-8-6-5-7-10(11)2/h5-8H,4,9H2,1-3H3. The molecule has 0 spiro atoms. The van der Waals surface area contributed by atoms with Crippen LogP contribution in [0.1, 0.15) is 18.9 Å². The van der Waals surface area contributed by atoms with Gasteiger partial charge in [0.15, 0.2) is 0 Å². The Morgan fingerprint density at radius 2 is 1.87 bits per heavy atom. The van der Waals surface area contributed by atoms with Crippen LogP contribution in [-0.4, -0.2) is 21.2 Å². The maximum absolute atomic E-state index is 11.8. The average Bonchev–Trinajstić information content (AvgIpc) is 2.17. The zero-order valence-electron chi connectivity index (χ0n) is 9.40. The molecule has 4 heteroatoms. The van der Waals surface area contributed by atoms with Crippen molar-refractivity contribution in [3.63, 3.8) is 0 Å². The van der Waals surface area contributed by atoms with Crippen molar-refractivity contribution in [3.8, 4) is 0 Å². The molecule has 1 rings (SSSR count). The van der Waals surface area contributed by atoms with Gasteiger partial charge >= 0.3 is 0 Å². The molecular formula is C11H17NO2S. The lowest BCUT2D eigenvalue weighted by atomic mass is 10.2. The van der Waals surface area contributed by atoms with Crippen LogP contribution in [-0.2, 0) is 10.0 Å². The highest BCUT2D eigenvalue weighted by Gasteiger charge is 2.17. The van der Waals surface area contributed by atoms with Crippen LogP contribution in [0, 0.1) is 6.92 Å². The van der Waals surface area contributed by atoms with Gasteiger partial charge in [0.25, 0.3) is 0 Å². The van der Waals surface area contributed by atoms with Crippen LogP contribution in [0.5, 0.6) is 0 Å². The van der Waals surface area contributed by atoms with E-state index in [0.717, 1.165) is 11.3 Å². The van der Waals surface area contributed by atoms with E-state index in [1.165, 1.54) is 4.31 Å². The number of sulfonamides is 1. The zero-order valence-corrected chi connectivity index (χ0v) is 10.2. The molecule has 1 aromatic carbocycles. The van der Waals surface area contributed by atoms with Gasteiger partial charge in [-0.25, -0.2) is 8.42 Å². The fourth-order valence-electron chi connectivity index (χ4n) is 1.46. The first kappa shape index (κ1) is 12.0. The summed E-state index contributed by atoms with van der Waals surface area (Å²) in [5.74, 6) is 0.192. The summed E-state index contributed by atoms with van der Waals surface area (Å²) in [6, 6.07) is 7.48. The van der Waals surface area contributed by atoms with Crippen LogP contribution >= 0.6 is 0 Å². The fraction of sp³-hybridized carbons (Fsp3) is 0.455. The van der Waals surface area contributed by atoms with Crippen molar-refractivity contribution in [3.05, 3.63) is 29.8 Å². The maximum atomic E-state index is 11.8. The van der Waals surface area contributed by atoms with Crippen molar-refractivity contribution in [2.24, 2.45) is 0 Å². The smallest absolute Gasteiger partial charge is 0.234 e. The first-order valence-corrected chi connectivity index (χ1v) is 6.62. The highest BCUT2D eigenvalue weighted by Crippen LogP contribution is 2.20. The zero-order chi connectivity index (χ0) is 11.5. The van der Waals surface area contributed by atoms with Gasteiger partial charge in [0, 0.05) is 7.05 Å². The van der Waals surface area contributed by atoms with Crippen molar-refractivity contribution < 1.29 is 8.42 Å². The first-order chi connectivity index (χ1) is 6.99. The van der Waals surface area contributed by atoms with Gasteiger partial charge in [-0.15, -0.1) is 0 Å². The molecule has 15 heavy (non-hydrogen) atoms. The van der Waals surface area contributed by atoms with E-state index in [1.54, 1.807) is 7.05 Å². The number of nitrogens with zero attached hydrogens (tertiary/aromatic N) is 1. The van der Waals surface area contributed by atoms with Crippen LogP contribution in [0.25, 0.3) is 0 Å². The molecule has 3 nitrogen and oxygen atoms in total. The molecular weight excluding hydrogens is 210 g/mol. The Hall–Kier alpha value is -1.03. The number of aryl methyl sites for hydroxylation is 1. The van der Waals surface area contributed by atoms with Crippen LogP contribution in [0.4, 0.5) is 5.69 Å². The Labute approximate surface area is 91.8 Å². The molecule has 0 atom stereocenters. The predicted molar refractivity (Wildman–Crippen MR) is 63.7 cm³/mol. The molecule has 84 valence electrons. The molecule has 0 radical (unpaired) electrons. The molecule has 0 heterocycles. The van der Waals surface area contributed by atoms with Crippen molar-refractivity contribution in [1.82, 2.24) is 0 Å². The van der Waals surface area contributed by atoms with E-state index in [2.05, 4.69) is 0 Å². The third-order valence-corrected chi connectivity index (χ3v) is 4.29. The Morgan fingerprint density at radius 3 is 2.40 bits per heavy atom. The third kappa shape index (κ3) is 2.72. The molecule has 1 aromatic rings. The minimum Gasteiger partial charge on any atom is -0.273 e. The van der Waals surface area contributed by atoms with Crippen LogP contribution in [0.3, 0.4) is 0 Å². The number of benzene rings is 1.